The van der Waals surface area contributed by atoms with Gasteiger partial charge in [0.25, 0.3) is 0 Å². The van der Waals surface area contributed by atoms with Gasteiger partial charge in [-0.15, -0.1) is 0 Å². The van der Waals surface area contributed by atoms with E-state index in [0.29, 0.717) is 0 Å². The Morgan fingerprint density at radius 1 is 0.449 bits per heavy atom. The second-order valence-corrected chi connectivity index (χ2v) is 15.0. The number of allylic oxidation sites excluding steroid dienone is 4. The van der Waals surface area contributed by atoms with Crippen molar-refractivity contribution in [3.63, 3.8) is 0 Å². The van der Waals surface area contributed by atoms with Crippen LogP contribution in [0, 0.1) is 0 Å². The van der Waals surface area contributed by atoms with Crippen molar-refractivity contribution in [2.45, 2.75) is 194 Å². The van der Waals surface area contributed by atoms with Gasteiger partial charge in [-0.2, -0.15) is 0 Å². The summed E-state index contributed by atoms with van der Waals surface area (Å²) >= 11 is 0. The Morgan fingerprint density at radius 3 is 1.14 bits per heavy atom. The van der Waals surface area contributed by atoms with Crippen LogP contribution in [0.1, 0.15) is 194 Å². The van der Waals surface area contributed by atoms with Crippen molar-refractivity contribution in [2.24, 2.45) is 9.98 Å². The van der Waals surface area contributed by atoms with Crippen molar-refractivity contribution in [3.05, 3.63) is 24.3 Å². The lowest BCUT2D eigenvalue weighted by Crippen LogP contribution is -2.39. The number of nitrogens with zero attached hydrogens (tertiary/aromatic N) is 4. The van der Waals surface area contributed by atoms with E-state index in [0.717, 1.165) is 52.4 Å². The fourth-order valence-electron chi connectivity index (χ4n) is 7.27. The van der Waals surface area contributed by atoms with E-state index < -0.39 is 0 Å². The fourth-order valence-corrected chi connectivity index (χ4v) is 7.27. The molecule has 2 aliphatic heterocycles. The molecule has 2 heterocycles. The molecule has 0 amide bonds. The first kappa shape index (κ1) is 43.5. The lowest BCUT2D eigenvalue weighted by atomic mass is 10.1. The van der Waals surface area contributed by atoms with E-state index in [1.807, 2.05) is 0 Å². The van der Waals surface area contributed by atoms with Crippen LogP contribution in [-0.2, 0) is 0 Å². The van der Waals surface area contributed by atoms with Crippen LogP contribution in [-0.4, -0.2) is 73.8 Å². The second kappa shape index (κ2) is 33.5. The smallest absolute Gasteiger partial charge is 0.0990 e. The average molecular weight is 682 g/mol. The quantitative estimate of drug-likeness (QED) is 0.0529. The molecule has 49 heavy (non-hydrogen) atoms. The number of aliphatic imine (C=N–C) groups is 2. The van der Waals surface area contributed by atoms with E-state index in [1.54, 1.807) is 0 Å². The van der Waals surface area contributed by atoms with Crippen LogP contribution >= 0.6 is 0 Å². The highest BCUT2D eigenvalue weighted by molar-refractivity contribution is 5.84. The molecule has 0 radical (unpaired) electrons. The van der Waals surface area contributed by atoms with Crippen LogP contribution in [0.3, 0.4) is 0 Å². The molecular formula is C44H83N5. The first-order valence-corrected chi connectivity index (χ1v) is 21.9. The summed E-state index contributed by atoms with van der Waals surface area (Å²) in [5.74, 6) is 2.74. The van der Waals surface area contributed by atoms with Gasteiger partial charge in [-0.05, 0) is 64.2 Å². The van der Waals surface area contributed by atoms with Crippen LogP contribution in [0.15, 0.2) is 34.3 Å². The lowest BCUT2D eigenvalue weighted by Gasteiger charge is -2.23. The van der Waals surface area contributed by atoms with E-state index in [-0.39, 0.29) is 0 Å². The summed E-state index contributed by atoms with van der Waals surface area (Å²) in [5, 5.41) is 3.72. The maximum absolute atomic E-state index is 4.85. The number of unbranched alkanes of at least 4 members (excludes halogenated alkanes) is 22. The Morgan fingerprint density at radius 2 is 0.776 bits per heavy atom. The van der Waals surface area contributed by atoms with E-state index in [9.17, 15) is 0 Å². The van der Waals surface area contributed by atoms with Crippen molar-refractivity contribution in [3.8, 4) is 0 Å². The van der Waals surface area contributed by atoms with Crippen molar-refractivity contribution in [2.75, 3.05) is 52.4 Å². The molecule has 1 N–H and O–H groups in total. The van der Waals surface area contributed by atoms with Crippen LogP contribution in [0.25, 0.3) is 0 Å². The Labute approximate surface area is 306 Å². The molecule has 0 atom stereocenters. The predicted octanol–water partition coefficient (Wildman–Crippen LogP) is 12.1. The minimum atomic E-state index is 0.990. The largest absolute Gasteiger partial charge is 0.357 e. The SMILES string of the molecule is CCCCCCCCC=CCCCCCCCC1=NCCN1CCNCCN1CCN=C1CCCCCCCC=CCCCCCCCC. The number of hydrogen-bond acceptors (Lipinski definition) is 5. The zero-order valence-corrected chi connectivity index (χ0v) is 33.1. The summed E-state index contributed by atoms with van der Waals surface area (Å²) in [6, 6.07) is 0. The van der Waals surface area contributed by atoms with Crippen LogP contribution in [0.5, 0.6) is 0 Å². The zero-order chi connectivity index (χ0) is 34.7. The number of nitrogens with one attached hydrogen (secondary N) is 1. The topological polar surface area (TPSA) is 43.2 Å². The summed E-state index contributed by atoms with van der Waals surface area (Å²) < 4.78 is 0. The second-order valence-electron chi connectivity index (χ2n) is 15.0. The lowest BCUT2D eigenvalue weighted by molar-refractivity contribution is 0.406. The maximum Gasteiger partial charge on any atom is 0.0990 e. The van der Waals surface area contributed by atoms with E-state index in [4.69, 9.17) is 9.98 Å². The first-order valence-electron chi connectivity index (χ1n) is 21.9. The molecule has 0 fully saturated rings. The van der Waals surface area contributed by atoms with Gasteiger partial charge in [0.05, 0.1) is 24.8 Å². The number of rotatable bonds is 36. The molecule has 0 aliphatic carbocycles. The Hall–Kier alpha value is -1.62. The Bertz CT molecular complexity index is 778. The predicted molar refractivity (Wildman–Crippen MR) is 220 cm³/mol. The molecule has 0 aromatic carbocycles. The number of amidine groups is 2. The fraction of sp³-hybridized carbons (Fsp3) is 0.864. The highest BCUT2D eigenvalue weighted by atomic mass is 15.3. The van der Waals surface area contributed by atoms with Gasteiger partial charge in [0.1, 0.15) is 0 Å². The summed E-state index contributed by atoms with van der Waals surface area (Å²) in [5.41, 5.74) is 0. The number of hydrogen-bond donors (Lipinski definition) is 1. The van der Waals surface area contributed by atoms with Crippen molar-refractivity contribution in [1.82, 2.24) is 15.1 Å². The average Bonchev–Trinajstić information content (AvgIpc) is 3.77. The molecule has 2 rings (SSSR count). The van der Waals surface area contributed by atoms with Crippen molar-refractivity contribution in [1.29, 1.82) is 0 Å². The highest BCUT2D eigenvalue weighted by Crippen LogP contribution is 2.15. The van der Waals surface area contributed by atoms with Gasteiger partial charge < -0.3 is 15.1 Å². The summed E-state index contributed by atoms with van der Waals surface area (Å²) in [6.45, 7) is 13.1. The van der Waals surface area contributed by atoms with E-state index in [1.165, 1.54) is 191 Å². The normalized spacial score (nSPS) is 15.1. The summed E-state index contributed by atoms with van der Waals surface area (Å²) in [6.07, 6.45) is 47.5. The molecule has 0 aromatic rings. The standard InChI is InChI=1S/C44H83N5/c1-3-5-7-9-11-13-15-17-19-21-23-25-27-29-31-33-43-46-37-41-48(43)39-35-45-36-40-49-42-38-47-44(49)34-32-30-28-26-24-22-20-18-16-14-12-10-8-6-4-2/h17-20,45H,3-16,21-42H2,1-2H3. The van der Waals surface area contributed by atoms with Gasteiger partial charge in [0, 0.05) is 52.1 Å². The molecule has 284 valence electrons. The molecule has 0 saturated heterocycles. The van der Waals surface area contributed by atoms with Crippen molar-refractivity contribution >= 4 is 11.7 Å². The molecule has 0 bridgehead atoms. The minimum absolute atomic E-state index is 0.990. The van der Waals surface area contributed by atoms with Crippen LogP contribution in [0.4, 0.5) is 0 Å². The van der Waals surface area contributed by atoms with E-state index in [2.05, 4.69) is 53.3 Å². The van der Waals surface area contributed by atoms with Crippen LogP contribution < -0.4 is 5.32 Å². The molecular weight excluding hydrogens is 599 g/mol. The molecule has 0 spiro atoms. The summed E-state index contributed by atoms with van der Waals surface area (Å²) in [4.78, 5) is 14.8. The third kappa shape index (κ3) is 25.1. The van der Waals surface area contributed by atoms with Gasteiger partial charge in [-0.25, -0.2) is 0 Å². The van der Waals surface area contributed by atoms with Gasteiger partial charge in [0.15, 0.2) is 0 Å². The molecule has 0 aromatic heterocycles. The molecule has 0 unspecified atom stereocenters. The highest BCUT2D eigenvalue weighted by Gasteiger charge is 2.17. The Balaban J connectivity index is 1.37. The van der Waals surface area contributed by atoms with Gasteiger partial charge in [-0.1, -0.05) is 141 Å². The third-order valence-electron chi connectivity index (χ3n) is 10.5. The maximum atomic E-state index is 4.85. The monoisotopic (exact) mass is 682 g/mol. The van der Waals surface area contributed by atoms with Gasteiger partial charge in [0.2, 0.25) is 0 Å². The van der Waals surface area contributed by atoms with E-state index >= 15 is 0 Å². The summed E-state index contributed by atoms with van der Waals surface area (Å²) in [7, 11) is 0. The zero-order valence-electron chi connectivity index (χ0n) is 33.1. The molecule has 5 heteroatoms. The molecule has 2 aliphatic rings. The minimum Gasteiger partial charge on any atom is -0.357 e. The molecule has 0 saturated carbocycles. The van der Waals surface area contributed by atoms with Gasteiger partial charge >= 0.3 is 0 Å². The Kier molecular flexibility index (Phi) is 29.8. The van der Waals surface area contributed by atoms with Crippen molar-refractivity contribution < 1.29 is 0 Å². The van der Waals surface area contributed by atoms with Crippen LogP contribution in [0.2, 0.25) is 0 Å². The molecule has 5 nitrogen and oxygen atoms in total. The third-order valence-corrected chi connectivity index (χ3v) is 10.5. The first-order chi connectivity index (χ1) is 24.3. The van der Waals surface area contributed by atoms with Gasteiger partial charge in [-0.3, -0.25) is 9.98 Å².